The highest BCUT2D eigenvalue weighted by molar-refractivity contribution is 5.85. The molecule has 1 N–H and O–H groups in total. The van der Waals surface area contributed by atoms with Crippen molar-refractivity contribution in [3.63, 3.8) is 0 Å². The van der Waals surface area contributed by atoms with Crippen LogP contribution in [-0.2, 0) is 0 Å². The first-order valence-corrected chi connectivity index (χ1v) is 6.75. The van der Waals surface area contributed by atoms with Crippen molar-refractivity contribution in [2.45, 2.75) is 6.10 Å². The van der Waals surface area contributed by atoms with E-state index < -0.39 is 6.10 Å². The summed E-state index contributed by atoms with van der Waals surface area (Å²) >= 11 is 0. The van der Waals surface area contributed by atoms with Crippen molar-refractivity contribution < 1.29 is 14.6 Å². The van der Waals surface area contributed by atoms with Crippen LogP contribution in [0.2, 0.25) is 0 Å². The third kappa shape index (κ3) is 1.92. The summed E-state index contributed by atoms with van der Waals surface area (Å²) in [6.45, 7) is 0.183. The van der Waals surface area contributed by atoms with Crippen molar-refractivity contribution in [1.82, 2.24) is 4.98 Å². The van der Waals surface area contributed by atoms with E-state index in [0.717, 1.165) is 10.8 Å². The highest BCUT2D eigenvalue weighted by Crippen LogP contribution is 2.40. The van der Waals surface area contributed by atoms with Crippen LogP contribution in [0.5, 0.6) is 11.5 Å². The molecule has 1 atom stereocenters. The predicted octanol–water partition coefficient (Wildman–Crippen LogP) is 3.05. The minimum atomic E-state index is -0.854. The summed E-state index contributed by atoms with van der Waals surface area (Å²) in [4.78, 5) is 4.36. The average Bonchev–Trinajstić information content (AvgIpc) is 3.02. The molecule has 104 valence electrons. The molecule has 3 aromatic rings. The van der Waals surface area contributed by atoms with E-state index in [9.17, 15) is 5.11 Å². The van der Waals surface area contributed by atoms with Crippen LogP contribution in [0.15, 0.2) is 54.7 Å². The maximum atomic E-state index is 10.8. The van der Waals surface area contributed by atoms with Gasteiger partial charge in [0.15, 0.2) is 11.5 Å². The topological polar surface area (TPSA) is 51.6 Å². The summed E-state index contributed by atoms with van der Waals surface area (Å²) in [5.74, 6) is 1.26. The number of hydrogen-bond donors (Lipinski definition) is 1. The lowest BCUT2D eigenvalue weighted by molar-refractivity contribution is 0.167. The smallest absolute Gasteiger partial charge is 0.231 e. The van der Waals surface area contributed by atoms with Crippen LogP contribution in [0, 0.1) is 0 Å². The number of fused-ring (bicyclic) bond motifs is 2. The maximum Gasteiger partial charge on any atom is 0.231 e. The fourth-order valence-corrected chi connectivity index (χ4v) is 2.68. The molecular formula is C17H13NO3. The van der Waals surface area contributed by atoms with Crippen molar-refractivity contribution >= 4 is 10.8 Å². The lowest BCUT2D eigenvalue weighted by atomic mass is 10.00. The number of rotatable bonds is 2. The Labute approximate surface area is 121 Å². The zero-order valence-electron chi connectivity index (χ0n) is 11.2. The van der Waals surface area contributed by atoms with E-state index in [2.05, 4.69) is 4.98 Å². The number of pyridine rings is 1. The maximum absolute atomic E-state index is 10.8. The number of ether oxygens (including phenoxy) is 2. The normalized spacial score (nSPS) is 14.3. The number of aliphatic hydroxyl groups excluding tert-OH is 1. The highest BCUT2D eigenvalue weighted by Gasteiger charge is 2.24. The van der Waals surface area contributed by atoms with Crippen LogP contribution in [0.25, 0.3) is 10.8 Å². The number of benzene rings is 2. The van der Waals surface area contributed by atoms with E-state index in [-0.39, 0.29) is 6.79 Å². The van der Waals surface area contributed by atoms with E-state index >= 15 is 0 Å². The van der Waals surface area contributed by atoms with E-state index in [0.29, 0.717) is 22.8 Å². The second-order valence-corrected chi connectivity index (χ2v) is 4.90. The zero-order chi connectivity index (χ0) is 14.2. The van der Waals surface area contributed by atoms with Crippen molar-refractivity contribution in [3.05, 3.63) is 66.0 Å². The Morgan fingerprint density at radius 1 is 1.00 bits per heavy atom. The van der Waals surface area contributed by atoms with Crippen molar-refractivity contribution in [2.75, 3.05) is 6.79 Å². The van der Waals surface area contributed by atoms with Crippen LogP contribution in [-0.4, -0.2) is 16.9 Å². The minimum absolute atomic E-state index is 0.183. The molecule has 0 radical (unpaired) electrons. The van der Waals surface area contributed by atoms with Gasteiger partial charge in [-0.3, -0.25) is 4.98 Å². The van der Waals surface area contributed by atoms with Crippen molar-refractivity contribution in [2.24, 2.45) is 0 Å². The molecule has 1 unspecified atom stereocenters. The summed E-state index contributed by atoms with van der Waals surface area (Å²) in [7, 11) is 0. The van der Waals surface area contributed by atoms with E-state index in [4.69, 9.17) is 9.47 Å². The number of hydrogen-bond acceptors (Lipinski definition) is 4. The molecule has 0 amide bonds. The van der Waals surface area contributed by atoms with Crippen molar-refractivity contribution in [1.29, 1.82) is 0 Å². The molecular weight excluding hydrogens is 266 g/mol. The van der Waals surface area contributed by atoms with Gasteiger partial charge in [0.05, 0.1) is 5.69 Å². The van der Waals surface area contributed by atoms with Gasteiger partial charge in [-0.05, 0) is 17.5 Å². The van der Waals surface area contributed by atoms with Crippen LogP contribution in [0.1, 0.15) is 17.4 Å². The Kier molecular flexibility index (Phi) is 2.75. The summed E-state index contributed by atoms with van der Waals surface area (Å²) < 4.78 is 10.8. The van der Waals surface area contributed by atoms with Gasteiger partial charge >= 0.3 is 0 Å². The predicted molar refractivity (Wildman–Crippen MR) is 78.4 cm³/mol. The molecule has 0 aliphatic carbocycles. The molecule has 0 saturated carbocycles. The van der Waals surface area contributed by atoms with Gasteiger partial charge in [0.1, 0.15) is 6.10 Å². The van der Waals surface area contributed by atoms with E-state index in [1.54, 1.807) is 6.20 Å². The minimum Gasteiger partial charge on any atom is -0.454 e. The zero-order valence-corrected chi connectivity index (χ0v) is 11.2. The van der Waals surface area contributed by atoms with Gasteiger partial charge in [-0.1, -0.05) is 36.4 Å². The van der Waals surface area contributed by atoms with Crippen LogP contribution in [0.4, 0.5) is 0 Å². The van der Waals surface area contributed by atoms with E-state index in [1.807, 2.05) is 48.5 Å². The molecule has 2 heterocycles. The second-order valence-electron chi connectivity index (χ2n) is 4.90. The van der Waals surface area contributed by atoms with Gasteiger partial charge in [0, 0.05) is 17.1 Å². The quantitative estimate of drug-likeness (QED) is 0.783. The van der Waals surface area contributed by atoms with Gasteiger partial charge < -0.3 is 14.6 Å². The molecule has 1 aromatic heterocycles. The number of nitrogens with zero attached hydrogens (tertiary/aromatic N) is 1. The van der Waals surface area contributed by atoms with Gasteiger partial charge in [-0.15, -0.1) is 0 Å². The molecule has 2 aromatic carbocycles. The first kappa shape index (κ1) is 12.2. The lowest BCUT2D eigenvalue weighted by Crippen LogP contribution is -2.04. The number of para-hydroxylation sites is 1. The molecule has 0 spiro atoms. The number of aliphatic hydroxyl groups is 1. The Morgan fingerprint density at radius 3 is 2.86 bits per heavy atom. The van der Waals surface area contributed by atoms with Gasteiger partial charge in [-0.25, -0.2) is 0 Å². The number of aromatic nitrogens is 1. The summed E-state index contributed by atoms with van der Waals surface area (Å²) in [6, 6.07) is 15.3. The van der Waals surface area contributed by atoms with E-state index in [1.165, 1.54) is 0 Å². The van der Waals surface area contributed by atoms with Crippen LogP contribution in [0.3, 0.4) is 0 Å². The third-order valence-corrected chi connectivity index (χ3v) is 3.69. The highest BCUT2D eigenvalue weighted by atomic mass is 16.7. The molecule has 1 aliphatic rings. The second kappa shape index (κ2) is 4.75. The molecule has 4 heteroatoms. The fraction of sp³-hybridized carbons (Fsp3) is 0.118. The van der Waals surface area contributed by atoms with Gasteiger partial charge in [0.25, 0.3) is 0 Å². The Bertz CT molecular complexity index is 811. The monoisotopic (exact) mass is 279 g/mol. The Balaban J connectivity index is 1.88. The van der Waals surface area contributed by atoms with Crippen LogP contribution < -0.4 is 9.47 Å². The summed E-state index contributed by atoms with van der Waals surface area (Å²) in [6.07, 6.45) is 0.856. The molecule has 0 saturated heterocycles. The molecule has 0 fully saturated rings. The van der Waals surface area contributed by atoms with Crippen LogP contribution >= 0.6 is 0 Å². The summed E-state index contributed by atoms with van der Waals surface area (Å²) in [5.41, 5.74) is 1.30. The van der Waals surface area contributed by atoms with Gasteiger partial charge in [0.2, 0.25) is 6.79 Å². The summed E-state index contributed by atoms with van der Waals surface area (Å²) in [5, 5.41) is 12.7. The Morgan fingerprint density at radius 2 is 1.90 bits per heavy atom. The first-order valence-electron chi connectivity index (χ1n) is 6.75. The molecule has 0 bridgehead atoms. The lowest BCUT2D eigenvalue weighted by Gasteiger charge is -2.14. The largest absolute Gasteiger partial charge is 0.454 e. The van der Waals surface area contributed by atoms with Crippen molar-refractivity contribution in [3.8, 4) is 11.5 Å². The SMILES string of the molecule is OC(c1cccc2c1OCO2)c1nccc2ccccc12. The standard InChI is InChI=1S/C17H13NO3/c19-16(13-6-3-7-14-17(13)21-10-20-14)15-12-5-2-1-4-11(12)8-9-18-15/h1-9,16,19H,10H2. The Hall–Kier alpha value is -2.59. The average molecular weight is 279 g/mol. The molecule has 4 rings (SSSR count). The van der Waals surface area contributed by atoms with Gasteiger partial charge in [-0.2, -0.15) is 0 Å². The first-order chi connectivity index (χ1) is 10.3. The molecule has 21 heavy (non-hydrogen) atoms. The molecule has 4 nitrogen and oxygen atoms in total. The third-order valence-electron chi connectivity index (χ3n) is 3.69. The molecule has 1 aliphatic heterocycles. The fourth-order valence-electron chi connectivity index (χ4n) is 2.68.